The Morgan fingerprint density at radius 3 is 2.68 bits per heavy atom. The van der Waals surface area contributed by atoms with E-state index in [1.165, 1.54) is 7.11 Å². The Labute approximate surface area is 203 Å². The van der Waals surface area contributed by atoms with E-state index in [1.54, 1.807) is 22.3 Å². The van der Waals surface area contributed by atoms with Crippen LogP contribution in [-0.4, -0.2) is 46.6 Å². The van der Waals surface area contributed by atoms with Crippen LogP contribution < -0.4 is 10.1 Å². The number of nitrogens with one attached hydrogen (secondary N) is 1. The van der Waals surface area contributed by atoms with Crippen LogP contribution in [0, 0.1) is 12.8 Å². The normalized spacial score (nSPS) is 16.6. The second-order valence-electron chi connectivity index (χ2n) is 8.86. The molecule has 1 aliphatic heterocycles. The molecule has 180 valence electrons. The summed E-state index contributed by atoms with van der Waals surface area (Å²) in [6.07, 6.45) is 1.43. The Balaban J connectivity index is 1.40. The molecule has 1 fully saturated rings. The maximum Gasteiger partial charge on any atom is 0.254 e. The molecule has 8 nitrogen and oxygen atoms in total. The van der Waals surface area contributed by atoms with Crippen molar-refractivity contribution >= 4 is 23.2 Å². The van der Waals surface area contributed by atoms with Crippen molar-refractivity contribution in [2.45, 2.75) is 52.1 Å². The van der Waals surface area contributed by atoms with Crippen LogP contribution in [0.5, 0.6) is 5.88 Å². The van der Waals surface area contributed by atoms with Crippen LogP contribution in [-0.2, 0) is 16.1 Å². The van der Waals surface area contributed by atoms with Gasteiger partial charge in [0.2, 0.25) is 11.8 Å². The monoisotopic (exact) mass is 482 g/mol. The lowest BCUT2D eigenvalue weighted by Gasteiger charge is -2.28. The van der Waals surface area contributed by atoms with Crippen LogP contribution in [0.25, 0.3) is 10.4 Å². The van der Waals surface area contributed by atoms with Gasteiger partial charge in [-0.2, -0.15) is 0 Å². The molecule has 2 amide bonds. The molecule has 0 bridgehead atoms. The maximum atomic E-state index is 13.5. The number of rotatable bonds is 8. The minimum atomic E-state index is -0.521. The lowest BCUT2D eigenvalue weighted by Crippen LogP contribution is -2.47. The summed E-state index contributed by atoms with van der Waals surface area (Å²) in [5.41, 5.74) is 4.98. The third kappa shape index (κ3) is 4.99. The molecule has 3 heterocycles. The lowest BCUT2D eigenvalue weighted by atomic mass is 9.91. The van der Waals surface area contributed by atoms with Crippen LogP contribution in [0.2, 0.25) is 0 Å². The molecule has 9 heteroatoms. The fourth-order valence-corrected chi connectivity index (χ4v) is 5.20. The molecular weight excluding hydrogens is 452 g/mol. The lowest BCUT2D eigenvalue weighted by molar-refractivity contribution is -0.140. The Morgan fingerprint density at radius 2 is 2.06 bits per heavy atom. The van der Waals surface area contributed by atoms with Gasteiger partial charge in [-0.3, -0.25) is 9.59 Å². The fraction of sp³-hybridized carbons (Fsp3) is 0.440. The predicted molar refractivity (Wildman–Crippen MR) is 130 cm³/mol. The average Bonchev–Trinajstić information content (AvgIpc) is 3.58. The molecule has 34 heavy (non-hydrogen) atoms. The van der Waals surface area contributed by atoms with Crippen molar-refractivity contribution in [1.29, 1.82) is 0 Å². The summed E-state index contributed by atoms with van der Waals surface area (Å²) in [6.45, 7) is 6.87. The van der Waals surface area contributed by atoms with Gasteiger partial charge in [0, 0.05) is 19.2 Å². The Kier molecular flexibility index (Phi) is 7.31. The van der Waals surface area contributed by atoms with Gasteiger partial charge in [0.25, 0.3) is 5.88 Å². The number of carbonyl (C=O) groups is 2. The molecule has 2 aromatic heterocycles. The van der Waals surface area contributed by atoms with Gasteiger partial charge in [-0.15, -0.1) is 11.3 Å². The van der Waals surface area contributed by atoms with Gasteiger partial charge in [0.15, 0.2) is 5.76 Å². The van der Waals surface area contributed by atoms with Crippen molar-refractivity contribution in [2.75, 3.05) is 13.7 Å². The number of amides is 2. The molecule has 3 aromatic rings. The largest absolute Gasteiger partial charge is 0.479 e. The predicted octanol–water partition coefficient (Wildman–Crippen LogP) is 4.16. The molecule has 1 aliphatic rings. The summed E-state index contributed by atoms with van der Waals surface area (Å²) in [7, 11) is 1.50. The number of methoxy groups -OCH3 is 1. The number of ether oxygens (including phenoxy) is 1. The molecule has 1 saturated heterocycles. The number of hydrogen-bond donors (Lipinski definition) is 1. The third-order valence-electron chi connectivity index (χ3n) is 6.22. The van der Waals surface area contributed by atoms with Crippen molar-refractivity contribution in [3.8, 4) is 16.3 Å². The second kappa shape index (κ2) is 10.4. The summed E-state index contributed by atoms with van der Waals surface area (Å²) in [5, 5.41) is 6.86. The number of carbonyl (C=O) groups excluding carboxylic acids is 2. The summed E-state index contributed by atoms with van der Waals surface area (Å²) in [5.74, 6) is 0.00388. The molecule has 4 rings (SSSR count). The highest BCUT2D eigenvalue weighted by Gasteiger charge is 2.40. The van der Waals surface area contributed by atoms with E-state index in [-0.39, 0.29) is 17.7 Å². The minimum absolute atomic E-state index is 0.0184. The molecular formula is C25H30N4O4S. The van der Waals surface area contributed by atoms with E-state index in [4.69, 9.17) is 9.26 Å². The zero-order chi connectivity index (χ0) is 24.2. The molecule has 0 radical (unpaired) electrons. The van der Waals surface area contributed by atoms with E-state index in [0.29, 0.717) is 31.2 Å². The smallest absolute Gasteiger partial charge is 0.254 e. The van der Waals surface area contributed by atoms with E-state index >= 15 is 0 Å². The van der Waals surface area contributed by atoms with Crippen molar-refractivity contribution < 1.29 is 18.8 Å². The van der Waals surface area contributed by atoms with E-state index in [1.807, 2.05) is 50.5 Å². The van der Waals surface area contributed by atoms with E-state index in [9.17, 15) is 9.59 Å². The summed E-state index contributed by atoms with van der Waals surface area (Å²) in [6, 6.07) is 9.28. The number of benzene rings is 1. The average molecular weight is 483 g/mol. The van der Waals surface area contributed by atoms with Gasteiger partial charge in [-0.05, 0) is 42.0 Å². The molecule has 0 aliphatic carbocycles. The SMILES string of the molecule is COc1cc(C(C(=O)N2CCCC2C(=O)NCc2ccc(-c3scnc3C)cc2)C(C)C)on1. The van der Waals surface area contributed by atoms with Gasteiger partial charge >= 0.3 is 0 Å². The number of hydrogen-bond acceptors (Lipinski definition) is 7. The minimum Gasteiger partial charge on any atom is -0.479 e. The van der Waals surface area contributed by atoms with Gasteiger partial charge in [0.05, 0.1) is 23.2 Å². The van der Waals surface area contributed by atoms with E-state index in [0.717, 1.165) is 28.1 Å². The quantitative estimate of drug-likeness (QED) is 0.518. The van der Waals surface area contributed by atoms with E-state index in [2.05, 4.69) is 15.5 Å². The Bertz CT molecular complexity index is 1140. The third-order valence-corrected chi connectivity index (χ3v) is 7.20. The number of aromatic nitrogens is 2. The van der Waals surface area contributed by atoms with Crippen molar-refractivity contribution in [3.63, 3.8) is 0 Å². The van der Waals surface area contributed by atoms with Crippen LogP contribution >= 0.6 is 11.3 Å². The van der Waals surface area contributed by atoms with Crippen LogP contribution in [0.3, 0.4) is 0 Å². The standard InChI is InChI=1S/C25H30N4O4S/c1-15(2)22(20-12-21(32-4)28-33-20)25(31)29-11-5-6-19(29)24(30)26-13-17-7-9-18(10-8-17)23-16(3)27-14-34-23/h7-10,12,14-15,19,22H,5-6,11,13H2,1-4H3,(H,26,30). The number of nitrogens with zero attached hydrogens (tertiary/aromatic N) is 3. The number of aryl methyl sites for hydroxylation is 1. The Morgan fingerprint density at radius 1 is 1.29 bits per heavy atom. The molecule has 2 atom stereocenters. The first kappa shape index (κ1) is 23.9. The topological polar surface area (TPSA) is 97.6 Å². The van der Waals surface area contributed by atoms with Gasteiger partial charge < -0.3 is 19.5 Å². The maximum absolute atomic E-state index is 13.5. The molecule has 1 N–H and O–H groups in total. The van der Waals surface area contributed by atoms with Crippen molar-refractivity contribution in [1.82, 2.24) is 20.4 Å². The number of thiazole rings is 1. The van der Waals surface area contributed by atoms with Crippen LogP contribution in [0.1, 0.15) is 49.6 Å². The van der Waals surface area contributed by atoms with E-state index < -0.39 is 12.0 Å². The first-order chi connectivity index (χ1) is 16.4. The number of likely N-dealkylation sites (tertiary alicyclic amines) is 1. The highest BCUT2D eigenvalue weighted by molar-refractivity contribution is 7.13. The molecule has 1 aromatic carbocycles. The van der Waals surface area contributed by atoms with Crippen LogP contribution in [0.4, 0.5) is 0 Å². The molecule has 0 spiro atoms. The van der Waals surface area contributed by atoms with Crippen LogP contribution in [0.15, 0.2) is 40.4 Å². The van der Waals surface area contributed by atoms with Gasteiger partial charge in [-0.25, -0.2) is 4.98 Å². The summed E-state index contributed by atoms with van der Waals surface area (Å²) >= 11 is 1.62. The van der Waals surface area contributed by atoms with Gasteiger partial charge in [0.1, 0.15) is 12.0 Å². The zero-order valence-corrected chi connectivity index (χ0v) is 20.7. The summed E-state index contributed by atoms with van der Waals surface area (Å²) in [4.78, 5) is 33.6. The van der Waals surface area contributed by atoms with Gasteiger partial charge in [-0.1, -0.05) is 38.1 Å². The van der Waals surface area contributed by atoms with Crippen molar-refractivity contribution in [3.05, 3.63) is 52.9 Å². The fourth-order valence-electron chi connectivity index (χ4n) is 4.39. The highest BCUT2D eigenvalue weighted by atomic mass is 32.1. The molecule has 0 saturated carbocycles. The first-order valence-electron chi connectivity index (χ1n) is 11.5. The molecule has 2 unspecified atom stereocenters. The zero-order valence-electron chi connectivity index (χ0n) is 19.9. The second-order valence-corrected chi connectivity index (χ2v) is 9.72. The van der Waals surface area contributed by atoms with Crippen molar-refractivity contribution in [2.24, 2.45) is 5.92 Å². The Hall–Kier alpha value is -3.20. The summed E-state index contributed by atoms with van der Waals surface area (Å²) < 4.78 is 10.5. The first-order valence-corrected chi connectivity index (χ1v) is 12.3. The highest BCUT2D eigenvalue weighted by Crippen LogP contribution is 2.32.